The lowest BCUT2D eigenvalue weighted by Crippen LogP contribution is -2.50. The minimum absolute atomic E-state index is 0.0639. The zero-order valence-electron chi connectivity index (χ0n) is 17.7. The van der Waals surface area contributed by atoms with Gasteiger partial charge in [-0.3, -0.25) is 4.79 Å². The number of piperazine rings is 1. The van der Waals surface area contributed by atoms with Crippen LogP contribution in [0.4, 0.5) is 5.82 Å². The van der Waals surface area contributed by atoms with Crippen molar-refractivity contribution in [3.05, 3.63) is 77.9 Å². The molecule has 0 radical (unpaired) electrons. The molecule has 1 aliphatic heterocycles. The molecule has 1 unspecified atom stereocenters. The Hall–Kier alpha value is -3.21. The average Bonchev–Trinajstić information content (AvgIpc) is 2.81. The van der Waals surface area contributed by atoms with Crippen molar-refractivity contribution >= 4 is 11.7 Å². The molecule has 1 aromatic heterocycles. The summed E-state index contributed by atoms with van der Waals surface area (Å²) in [6.07, 6.45) is 0.814. The minimum atomic E-state index is -0.0639. The second kappa shape index (κ2) is 9.08. The summed E-state index contributed by atoms with van der Waals surface area (Å²) in [6, 6.07) is 22.4. The van der Waals surface area contributed by atoms with E-state index in [-0.39, 0.29) is 11.8 Å². The Morgan fingerprint density at radius 3 is 2.23 bits per heavy atom. The number of aryl methyl sites for hydroxylation is 1. The monoisotopic (exact) mass is 400 g/mol. The van der Waals surface area contributed by atoms with Crippen LogP contribution in [-0.2, 0) is 4.79 Å². The number of aromatic nitrogens is 2. The predicted octanol–water partition coefficient (Wildman–Crippen LogP) is 4.29. The Labute approximate surface area is 178 Å². The van der Waals surface area contributed by atoms with Crippen LogP contribution in [0.5, 0.6) is 0 Å². The number of hydrogen-bond acceptors (Lipinski definition) is 4. The van der Waals surface area contributed by atoms with Crippen molar-refractivity contribution in [1.29, 1.82) is 0 Å². The summed E-state index contributed by atoms with van der Waals surface area (Å²) in [5.41, 5.74) is 4.29. The van der Waals surface area contributed by atoms with Crippen LogP contribution < -0.4 is 4.90 Å². The zero-order chi connectivity index (χ0) is 20.9. The van der Waals surface area contributed by atoms with Crippen LogP contribution in [0.25, 0.3) is 11.3 Å². The predicted molar refractivity (Wildman–Crippen MR) is 120 cm³/mol. The molecular formula is C25H28N4O. The molecular weight excluding hydrogens is 372 g/mol. The summed E-state index contributed by atoms with van der Waals surface area (Å²) in [7, 11) is 0. The van der Waals surface area contributed by atoms with Crippen LogP contribution in [0.3, 0.4) is 0 Å². The normalized spacial score (nSPS) is 15.1. The van der Waals surface area contributed by atoms with Crippen molar-refractivity contribution in [3.63, 3.8) is 0 Å². The summed E-state index contributed by atoms with van der Waals surface area (Å²) >= 11 is 0. The van der Waals surface area contributed by atoms with Gasteiger partial charge in [0.1, 0.15) is 0 Å². The molecule has 2 heterocycles. The Morgan fingerprint density at radius 2 is 1.60 bits per heavy atom. The van der Waals surface area contributed by atoms with Crippen molar-refractivity contribution in [2.75, 3.05) is 31.1 Å². The van der Waals surface area contributed by atoms with Crippen LogP contribution in [0.15, 0.2) is 66.7 Å². The molecule has 1 fully saturated rings. The lowest BCUT2D eigenvalue weighted by molar-refractivity contribution is -0.133. The highest BCUT2D eigenvalue weighted by molar-refractivity contribution is 5.84. The van der Waals surface area contributed by atoms with Crippen molar-refractivity contribution in [2.45, 2.75) is 26.2 Å². The van der Waals surface area contributed by atoms with Crippen LogP contribution in [0, 0.1) is 6.92 Å². The van der Waals surface area contributed by atoms with Crippen LogP contribution in [0.1, 0.15) is 30.4 Å². The van der Waals surface area contributed by atoms with Crippen molar-refractivity contribution in [1.82, 2.24) is 15.1 Å². The van der Waals surface area contributed by atoms with Gasteiger partial charge in [0, 0.05) is 31.7 Å². The number of rotatable bonds is 5. The lowest BCUT2D eigenvalue weighted by Gasteiger charge is -2.36. The first kappa shape index (κ1) is 20.1. The fourth-order valence-corrected chi connectivity index (χ4v) is 4.11. The van der Waals surface area contributed by atoms with Gasteiger partial charge in [0.15, 0.2) is 5.82 Å². The number of benzene rings is 2. The third kappa shape index (κ3) is 4.20. The van der Waals surface area contributed by atoms with Gasteiger partial charge in [0.2, 0.25) is 5.91 Å². The molecule has 3 aromatic rings. The Bertz CT molecular complexity index is 980. The van der Waals surface area contributed by atoms with E-state index < -0.39 is 0 Å². The summed E-state index contributed by atoms with van der Waals surface area (Å²) < 4.78 is 0. The van der Waals surface area contributed by atoms with Crippen LogP contribution in [-0.4, -0.2) is 47.2 Å². The van der Waals surface area contributed by atoms with Crippen molar-refractivity contribution in [3.8, 4) is 11.3 Å². The van der Waals surface area contributed by atoms with Gasteiger partial charge in [-0.1, -0.05) is 61.5 Å². The number of hydrogen-bond donors (Lipinski definition) is 0. The van der Waals surface area contributed by atoms with Gasteiger partial charge < -0.3 is 9.80 Å². The number of nitrogens with zero attached hydrogens (tertiary/aromatic N) is 4. The number of carbonyl (C=O) groups excluding carboxylic acids is 1. The van der Waals surface area contributed by atoms with Crippen LogP contribution >= 0.6 is 0 Å². The second-order valence-corrected chi connectivity index (χ2v) is 7.78. The quantitative estimate of drug-likeness (QED) is 0.641. The smallest absolute Gasteiger partial charge is 0.230 e. The maximum Gasteiger partial charge on any atom is 0.230 e. The molecule has 1 aliphatic rings. The third-order valence-corrected chi connectivity index (χ3v) is 5.90. The van der Waals surface area contributed by atoms with Crippen LogP contribution in [0.2, 0.25) is 0 Å². The molecule has 4 rings (SSSR count). The number of anilines is 1. The van der Waals surface area contributed by atoms with E-state index in [1.807, 2.05) is 59.5 Å². The molecule has 0 spiro atoms. The molecule has 5 nitrogen and oxygen atoms in total. The van der Waals surface area contributed by atoms with Gasteiger partial charge in [0.05, 0.1) is 11.6 Å². The topological polar surface area (TPSA) is 49.3 Å². The molecule has 1 amide bonds. The maximum absolute atomic E-state index is 13.1. The summed E-state index contributed by atoms with van der Waals surface area (Å²) in [4.78, 5) is 17.3. The number of carbonyl (C=O) groups is 1. The van der Waals surface area contributed by atoms with E-state index in [1.165, 1.54) is 5.56 Å². The molecule has 1 atom stereocenters. The Balaban J connectivity index is 1.40. The Kier molecular flexibility index (Phi) is 6.07. The van der Waals surface area contributed by atoms with Gasteiger partial charge >= 0.3 is 0 Å². The van der Waals surface area contributed by atoms with E-state index in [0.717, 1.165) is 42.1 Å². The van der Waals surface area contributed by atoms with Gasteiger partial charge in [-0.15, -0.1) is 10.2 Å². The van der Waals surface area contributed by atoms with E-state index in [4.69, 9.17) is 0 Å². The van der Waals surface area contributed by atoms with E-state index in [9.17, 15) is 4.79 Å². The minimum Gasteiger partial charge on any atom is -0.352 e. The third-order valence-electron chi connectivity index (χ3n) is 5.90. The molecule has 0 saturated carbocycles. The number of amides is 1. The first-order valence-corrected chi connectivity index (χ1v) is 10.7. The second-order valence-electron chi connectivity index (χ2n) is 7.78. The average molecular weight is 401 g/mol. The summed E-state index contributed by atoms with van der Waals surface area (Å²) in [5, 5.41) is 8.91. The van der Waals surface area contributed by atoms with Gasteiger partial charge in [0.25, 0.3) is 0 Å². The lowest BCUT2D eigenvalue weighted by atomic mass is 9.95. The first-order chi connectivity index (χ1) is 14.7. The molecule has 30 heavy (non-hydrogen) atoms. The van der Waals surface area contributed by atoms with Gasteiger partial charge in [-0.05, 0) is 36.6 Å². The molecule has 2 aromatic carbocycles. The fourth-order valence-electron chi connectivity index (χ4n) is 4.11. The van der Waals surface area contributed by atoms with Gasteiger partial charge in [-0.2, -0.15) is 0 Å². The Morgan fingerprint density at radius 1 is 0.900 bits per heavy atom. The van der Waals surface area contributed by atoms with E-state index in [1.54, 1.807) is 0 Å². The molecule has 0 bridgehead atoms. The van der Waals surface area contributed by atoms with E-state index in [0.29, 0.717) is 13.1 Å². The summed E-state index contributed by atoms with van der Waals surface area (Å²) in [5.74, 6) is 1.03. The SMILES string of the molecule is CCC(C(=O)N1CCN(c2ccc(-c3ccccc3C)nn2)CC1)c1ccccc1. The highest BCUT2D eigenvalue weighted by Crippen LogP contribution is 2.25. The molecule has 154 valence electrons. The summed E-state index contributed by atoms with van der Waals surface area (Å²) in [6.45, 7) is 7.13. The highest BCUT2D eigenvalue weighted by Gasteiger charge is 2.28. The molecule has 5 heteroatoms. The molecule has 1 saturated heterocycles. The zero-order valence-corrected chi connectivity index (χ0v) is 17.7. The first-order valence-electron chi connectivity index (χ1n) is 10.7. The van der Waals surface area contributed by atoms with Crippen molar-refractivity contribution < 1.29 is 4.79 Å². The molecule has 0 N–H and O–H groups in total. The molecule has 0 aliphatic carbocycles. The largest absolute Gasteiger partial charge is 0.352 e. The standard InChI is InChI=1S/C25H28N4O/c1-3-21(20-10-5-4-6-11-20)25(30)29-17-15-28(16-18-29)24-14-13-23(26-27-24)22-12-8-7-9-19(22)2/h4-14,21H,3,15-18H2,1-2H3. The van der Waals surface area contributed by atoms with Crippen molar-refractivity contribution in [2.24, 2.45) is 0 Å². The van der Waals surface area contributed by atoms with E-state index in [2.05, 4.69) is 41.1 Å². The van der Waals surface area contributed by atoms with E-state index >= 15 is 0 Å². The van der Waals surface area contributed by atoms with Gasteiger partial charge in [-0.25, -0.2) is 0 Å². The highest BCUT2D eigenvalue weighted by atomic mass is 16.2. The fraction of sp³-hybridized carbons (Fsp3) is 0.320. The maximum atomic E-state index is 13.1.